The van der Waals surface area contributed by atoms with Crippen molar-refractivity contribution in [3.8, 4) is 0 Å². The molecule has 5 nitrogen and oxygen atoms in total. The summed E-state index contributed by atoms with van der Waals surface area (Å²) in [4.78, 5) is 11.7. The minimum atomic E-state index is -0.141. The molecule has 4 aliphatic rings. The van der Waals surface area contributed by atoms with Crippen LogP contribution in [0.3, 0.4) is 0 Å². The first-order chi connectivity index (χ1) is 16.8. The number of benzene rings is 1. The Morgan fingerprint density at radius 1 is 1.14 bits per heavy atom. The Labute approximate surface area is 214 Å². The number of ether oxygens (including phenoxy) is 1. The van der Waals surface area contributed by atoms with Gasteiger partial charge in [-0.1, -0.05) is 56.3 Å². The summed E-state index contributed by atoms with van der Waals surface area (Å²) in [5.41, 5.74) is 6.95. The van der Waals surface area contributed by atoms with Gasteiger partial charge >= 0.3 is 5.97 Å². The number of hydrogen-bond acceptors (Lipinski definition) is 4. The molecule has 35 heavy (non-hydrogen) atoms. The van der Waals surface area contributed by atoms with Gasteiger partial charge in [0.15, 0.2) is 5.11 Å². The van der Waals surface area contributed by atoms with Gasteiger partial charge < -0.3 is 10.1 Å². The van der Waals surface area contributed by atoms with Crippen LogP contribution in [0, 0.1) is 28.6 Å². The number of allylic oxidation sites excluding steroid dienone is 4. The number of hydrazone groups is 1. The number of nitrogens with one attached hydrogen (secondary N) is 2. The Hall–Kier alpha value is -2.47. The second kappa shape index (κ2) is 9.53. The van der Waals surface area contributed by atoms with Gasteiger partial charge in [-0.05, 0) is 91.1 Å². The van der Waals surface area contributed by atoms with Crippen molar-refractivity contribution in [3.63, 3.8) is 0 Å². The topological polar surface area (TPSA) is 62.7 Å². The maximum absolute atomic E-state index is 11.7. The Balaban J connectivity index is 1.27. The molecule has 6 atom stereocenters. The van der Waals surface area contributed by atoms with Gasteiger partial charge in [0.2, 0.25) is 0 Å². The van der Waals surface area contributed by atoms with Gasteiger partial charge in [0, 0.05) is 18.9 Å². The number of carbonyl (C=O) groups is 1. The highest BCUT2D eigenvalue weighted by atomic mass is 32.1. The number of thiocarbonyl (C=S) groups is 1. The van der Waals surface area contributed by atoms with Gasteiger partial charge in [-0.15, -0.1) is 0 Å². The Morgan fingerprint density at radius 2 is 1.94 bits per heavy atom. The van der Waals surface area contributed by atoms with Crippen LogP contribution >= 0.6 is 12.2 Å². The zero-order valence-electron chi connectivity index (χ0n) is 21.0. The third-order valence-electron chi connectivity index (χ3n) is 9.35. The molecule has 0 amide bonds. The van der Waals surface area contributed by atoms with Gasteiger partial charge in [-0.3, -0.25) is 10.2 Å². The van der Waals surface area contributed by atoms with Crippen molar-refractivity contribution in [2.75, 3.05) is 0 Å². The van der Waals surface area contributed by atoms with E-state index in [-0.39, 0.29) is 22.9 Å². The second-order valence-electron chi connectivity index (χ2n) is 11.3. The lowest BCUT2D eigenvalue weighted by atomic mass is 9.49. The summed E-state index contributed by atoms with van der Waals surface area (Å²) in [7, 11) is 0. The normalized spacial score (nSPS) is 36.4. The molecule has 4 aliphatic carbocycles. The molecule has 2 saturated carbocycles. The summed E-state index contributed by atoms with van der Waals surface area (Å²) in [6.45, 7) is 7.05. The third kappa shape index (κ3) is 4.57. The summed E-state index contributed by atoms with van der Waals surface area (Å²) >= 11 is 5.43. The molecule has 1 aromatic carbocycles. The minimum absolute atomic E-state index is 0.0691. The van der Waals surface area contributed by atoms with Crippen LogP contribution in [-0.4, -0.2) is 22.9 Å². The van der Waals surface area contributed by atoms with Crippen LogP contribution in [0.15, 0.2) is 59.2 Å². The lowest BCUT2D eigenvalue weighted by molar-refractivity contribution is -0.155. The van der Waals surface area contributed by atoms with Gasteiger partial charge in [-0.2, -0.15) is 5.10 Å². The van der Waals surface area contributed by atoms with Crippen molar-refractivity contribution in [3.05, 3.63) is 59.7 Å². The van der Waals surface area contributed by atoms with E-state index >= 15 is 0 Å². The number of carbonyl (C=O) groups excluding carboxylic acids is 1. The van der Waals surface area contributed by atoms with E-state index in [1.54, 1.807) is 6.92 Å². The average Bonchev–Trinajstić information content (AvgIpc) is 3.17. The molecule has 1 aromatic rings. The SMILES string of the molecule is CC(=O)OC1CCC2C3C=CC4=CC(=NNC(=S)NCc5ccccc5)CCC4(C)C3CCC12C. The van der Waals surface area contributed by atoms with E-state index in [0.717, 1.165) is 37.8 Å². The van der Waals surface area contributed by atoms with Crippen molar-refractivity contribution in [2.24, 2.45) is 33.7 Å². The first kappa shape index (κ1) is 24.2. The summed E-state index contributed by atoms with van der Waals surface area (Å²) in [6.07, 6.45) is 13.7. The zero-order chi connectivity index (χ0) is 24.6. The van der Waals surface area contributed by atoms with Crippen LogP contribution in [0.4, 0.5) is 0 Å². The molecule has 2 N–H and O–H groups in total. The van der Waals surface area contributed by atoms with Crippen LogP contribution < -0.4 is 10.7 Å². The standard InChI is InChI=1S/C29H37N3O2S/c1-19(33)34-26-12-11-24-23-10-9-21-17-22(13-15-28(21,2)25(23)14-16-29(24,26)3)31-32-27(35)30-18-20-7-5-4-6-8-20/h4-10,17,23-26H,11-16,18H2,1-3H3,(H2,30,32,35). The van der Waals surface area contributed by atoms with Crippen molar-refractivity contribution < 1.29 is 9.53 Å². The third-order valence-corrected chi connectivity index (χ3v) is 9.58. The van der Waals surface area contributed by atoms with E-state index < -0.39 is 0 Å². The molecule has 0 aliphatic heterocycles. The second-order valence-corrected chi connectivity index (χ2v) is 11.7. The number of rotatable bonds is 4. The molecule has 0 radical (unpaired) electrons. The predicted molar refractivity (Wildman–Crippen MR) is 144 cm³/mol. The smallest absolute Gasteiger partial charge is 0.302 e. The highest BCUT2D eigenvalue weighted by molar-refractivity contribution is 7.80. The molecule has 6 unspecified atom stereocenters. The van der Waals surface area contributed by atoms with Crippen LogP contribution in [0.1, 0.15) is 64.9 Å². The molecule has 6 heteroatoms. The summed E-state index contributed by atoms with van der Waals surface area (Å²) in [5.74, 6) is 1.64. The highest BCUT2D eigenvalue weighted by Crippen LogP contribution is 2.64. The van der Waals surface area contributed by atoms with Crippen LogP contribution in [0.5, 0.6) is 0 Å². The molecule has 0 bridgehead atoms. The zero-order valence-corrected chi connectivity index (χ0v) is 21.9. The Bertz CT molecular complexity index is 1080. The first-order valence-electron chi connectivity index (χ1n) is 13.0. The fourth-order valence-corrected chi connectivity index (χ4v) is 7.50. The van der Waals surface area contributed by atoms with Crippen LogP contribution in [0.25, 0.3) is 0 Å². The predicted octanol–water partition coefficient (Wildman–Crippen LogP) is 5.68. The fourth-order valence-electron chi connectivity index (χ4n) is 7.38. The van der Waals surface area contributed by atoms with Crippen molar-refractivity contribution in [1.29, 1.82) is 0 Å². The number of fused-ring (bicyclic) bond motifs is 5. The average molecular weight is 492 g/mol. The van der Waals surface area contributed by atoms with Crippen molar-refractivity contribution in [1.82, 2.24) is 10.7 Å². The molecular weight excluding hydrogens is 454 g/mol. The first-order valence-corrected chi connectivity index (χ1v) is 13.4. The minimum Gasteiger partial charge on any atom is -0.462 e. The Morgan fingerprint density at radius 3 is 2.71 bits per heavy atom. The van der Waals surface area contributed by atoms with Gasteiger partial charge in [-0.25, -0.2) is 0 Å². The molecule has 5 rings (SSSR count). The van der Waals surface area contributed by atoms with Crippen molar-refractivity contribution >= 4 is 29.0 Å². The van der Waals surface area contributed by atoms with Gasteiger partial charge in [0.25, 0.3) is 0 Å². The Kier molecular flexibility index (Phi) is 6.60. The number of hydrogen-bond donors (Lipinski definition) is 2. The monoisotopic (exact) mass is 491 g/mol. The molecule has 0 heterocycles. The van der Waals surface area contributed by atoms with E-state index in [0.29, 0.717) is 29.4 Å². The number of nitrogens with zero attached hydrogens (tertiary/aromatic N) is 1. The van der Waals surface area contributed by atoms with E-state index in [1.165, 1.54) is 17.6 Å². The van der Waals surface area contributed by atoms with E-state index in [9.17, 15) is 4.79 Å². The molecular formula is C29H37N3O2S. The van der Waals surface area contributed by atoms with E-state index in [4.69, 9.17) is 17.0 Å². The maximum Gasteiger partial charge on any atom is 0.302 e. The quantitative estimate of drug-likeness (QED) is 0.322. The van der Waals surface area contributed by atoms with Crippen LogP contribution in [0.2, 0.25) is 0 Å². The summed E-state index contributed by atoms with van der Waals surface area (Å²) < 4.78 is 5.79. The van der Waals surface area contributed by atoms with E-state index in [2.05, 4.69) is 60.1 Å². The molecule has 0 aromatic heterocycles. The molecule has 0 spiro atoms. The highest BCUT2D eigenvalue weighted by Gasteiger charge is 2.58. The lowest BCUT2D eigenvalue weighted by Crippen LogP contribution is -2.50. The molecule has 186 valence electrons. The molecule has 0 saturated heterocycles. The van der Waals surface area contributed by atoms with E-state index in [1.807, 2.05) is 18.2 Å². The van der Waals surface area contributed by atoms with Crippen LogP contribution in [-0.2, 0) is 16.1 Å². The van der Waals surface area contributed by atoms with Crippen molar-refractivity contribution in [2.45, 2.75) is 71.9 Å². The summed E-state index contributed by atoms with van der Waals surface area (Å²) in [5, 5.41) is 8.40. The lowest BCUT2D eigenvalue weighted by Gasteiger charge is -2.55. The maximum atomic E-state index is 11.7. The molecule has 2 fully saturated rings. The fraction of sp³-hybridized carbons (Fsp3) is 0.552. The van der Waals surface area contributed by atoms with Gasteiger partial charge in [0.05, 0.1) is 5.71 Å². The van der Waals surface area contributed by atoms with Gasteiger partial charge in [0.1, 0.15) is 6.10 Å². The largest absolute Gasteiger partial charge is 0.462 e. The summed E-state index contributed by atoms with van der Waals surface area (Å²) in [6, 6.07) is 10.2. The number of esters is 1.